The second-order valence-corrected chi connectivity index (χ2v) is 6.23. The van der Waals surface area contributed by atoms with Crippen molar-refractivity contribution in [1.82, 2.24) is 15.0 Å². The number of hydrogen-bond acceptors (Lipinski definition) is 5. The maximum Gasteiger partial charge on any atom is 0.226 e. The molecule has 7 heteroatoms. The van der Waals surface area contributed by atoms with Gasteiger partial charge in [0.1, 0.15) is 0 Å². The van der Waals surface area contributed by atoms with Crippen molar-refractivity contribution in [3.05, 3.63) is 11.7 Å². The molecule has 1 aliphatic heterocycles. The van der Waals surface area contributed by atoms with Gasteiger partial charge in [-0.15, -0.1) is 0 Å². The summed E-state index contributed by atoms with van der Waals surface area (Å²) in [5, 5.41) is 3.97. The van der Waals surface area contributed by atoms with Crippen LogP contribution in [0.1, 0.15) is 56.2 Å². The van der Waals surface area contributed by atoms with E-state index in [2.05, 4.69) is 10.1 Å². The summed E-state index contributed by atoms with van der Waals surface area (Å²) >= 11 is 0. The fourth-order valence-corrected chi connectivity index (χ4v) is 2.84. The zero-order valence-corrected chi connectivity index (χ0v) is 12.7. The predicted molar refractivity (Wildman–Crippen MR) is 77.7 cm³/mol. The Morgan fingerprint density at radius 1 is 1.23 bits per heavy atom. The molecule has 0 spiro atoms. The normalized spacial score (nSPS) is 19.4. The quantitative estimate of drug-likeness (QED) is 0.844. The highest BCUT2D eigenvalue weighted by Gasteiger charge is 2.29. The average Bonchev–Trinajstić information content (AvgIpc) is 3.27. The standard InChI is InChI=1S/C15H22N4O3/c16-14(21)10-6-8-19(9-7-10)13(20)3-1-2-12-17-15(18-22-12)11-4-5-11/h10-11H,1-9H2,(H2,16,21). The lowest BCUT2D eigenvalue weighted by molar-refractivity contribution is -0.134. The number of carbonyl (C=O) groups is 2. The van der Waals surface area contributed by atoms with Gasteiger partial charge in [-0.1, -0.05) is 5.16 Å². The number of nitrogens with zero attached hydrogens (tertiary/aromatic N) is 3. The SMILES string of the molecule is NC(=O)C1CCN(C(=O)CCCc2nc(C3CC3)no2)CC1. The van der Waals surface area contributed by atoms with Gasteiger partial charge in [0.05, 0.1) is 0 Å². The van der Waals surface area contributed by atoms with E-state index in [0.717, 1.165) is 18.7 Å². The summed E-state index contributed by atoms with van der Waals surface area (Å²) in [5.41, 5.74) is 5.30. The molecule has 7 nitrogen and oxygen atoms in total. The highest BCUT2D eigenvalue weighted by molar-refractivity contribution is 5.78. The second kappa shape index (κ2) is 6.46. The summed E-state index contributed by atoms with van der Waals surface area (Å²) in [6.45, 7) is 1.25. The van der Waals surface area contributed by atoms with Crippen LogP contribution in [0.4, 0.5) is 0 Å². The number of carbonyl (C=O) groups excluding carboxylic acids is 2. The Hall–Kier alpha value is -1.92. The van der Waals surface area contributed by atoms with E-state index < -0.39 is 0 Å². The molecule has 2 aliphatic rings. The first-order valence-corrected chi connectivity index (χ1v) is 8.03. The smallest absolute Gasteiger partial charge is 0.226 e. The van der Waals surface area contributed by atoms with Crippen LogP contribution in [0.2, 0.25) is 0 Å². The average molecular weight is 306 g/mol. The molecular formula is C15H22N4O3. The zero-order valence-electron chi connectivity index (χ0n) is 12.7. The molecule has 0 bridgehead atoms. The molecule has 1 saturated heterocycles. The van der Waals surface area contributed by atoms with Crippen LogP contribution in [0.15, 0.2) is 4.52 Å². The highest BCUT2D eigenvalue weighted by atomic mass is 16.5. The zero-order chi connectivity index (χ0) is 15.5. The molecule has 0 atom stereocenters. The van der Waals surface area contributed by atoms with Crippen molar-refractivity contribution < 1.29 is 14.1 Å². The molecule has 1 saturated carbocycles. The Morgan fingerprint density at radius 3 is 2.59 bits per heavy atom. The Morgan fingerprint density at radius 2 is 1.95 bits per heavy atom. The van der Waals surface area contributed by atoms with E-state index in [0.29, 0.717) is 57.0 Å². The number of aryl methyl sites for hydroxylation is 1. The van der Waals surface area contributed by atoms with Crippen molar-refractivity contribution in [2.75, 3.05) is 13.1 Å². The molecule has 1 aliphatic carbocycles. The summed E-state index contributed by atoms with van der Waals surface area (Å²) in [6, 6.07) is 0. The van der Waals surface area contributed by atoms with Crippen LogP contribution >= 0.6 is 0 Å². The van der Waals surface area contributed by atoms with Gasteiger partial charge in [0, 0.05) is 37.8 Å². The van der Waals surface area contributed by atoms with Crippen LogP contribution in [-0.2, 0) is 16.0 Å². The van der Waals surface area contributed by atoms with Gasteiger partial charge < -0.3 is 15.2 Å². The minimum Gasteiger partial charge on any atom is -0.369 e. The summed E-state index contributed by atoms with van der Waals surface area (Å²) in [7, 11) is 0. The fraction of sp³-hybridized carbons (Fsp3) is 0.733. The van der Waals surface area contributed by atoms with Crippen molar-refractivity contribution in [2.24, 2.45) is 11.7 Å². The number of piperidine rings is 1. The van der Waals surface area contributed by atoms with Gasteiger partial charge in [0.15, 0.2) is 5.82 Å². The van der Waals surface area contributed by atoms with Crippen molar-refractivity contribution in [3.8, 4) is 0 Å². The molecule has 2 N–H and O–H groups in total. The summed E-state index contributed by atoms with van der Waals surface area (Å²) in [5.74, 6) is 1.73. The number of hydrogen-bond donors (Lipinski definition) is 1. The third kappa shape index (κ3) is 3.64. The van der Waals surface area contributed by atoms with Crippen molar-refractivity contribution >= 4 is 11.8 Å². The largest absolute Gasteiger partial charge is 0.369 e. The molecule has 1 aromatic heterocycles. The van der Waals surface area contributed by atoms with Crippen molar-refractivity contribution in [2.45, 2.75) is 50.9 Å². The van der Waals surface area contributed by atoms with Crippen LogP contribution in [0, 0.1) is 5.92 Å². The Labute approximate surface area is 129 Å². The topological polar surface area (TPSA) is 102 Å². The molecule has 120 valence electrons. The first-order valence-electron chi connectivity index (χ1n) is 8.03. The molecule has 3 rings (SSSR count). The van der Waals surface area contributed by atoms with Gasteiger partial charge in [-0.2, -0.15) is 4.98 Å². The lowest BCUT2D eigenvalue weighted by Crippen LogP contribution is -2.41. The summed E-state index contributed by atoms with van der Waals surface area (Å²) in [4.78, 5) is 29.4. The minimum absolute atomic E-state index is 0.0803. The summed E-state index contributed by atoms with van der Waals surface area (Å²) < 4.78 is 5.20. The van der Waals surface area contributed by atoms with Gasteiger partial charge in [-0.3, -0.25) is 9.59 Å². The number of nitrogens with two attached hydrogens (primary N) is 1. The van der Waals surface area contributed by atoms with E-state index in [1.165, 1.54) is 0 Å². The maximum atomic E-state index is 12.1. The number of likely N-dealkylation sites (tertiary alicyclic amines) is 1. The molecule has 2 heterocycles. The number of amides is 2. The maximum absolute atomic E-state index is 12.1. The molecule has 0 aromatic carbocycles. The van der Waals surface area contributed by atoms with Gasteiger partial charge in [0.25, 0.3) is 0 Å². The van der Waals surface area contributed by atoms with Crippen LogP contribution < -0.4 is 5.73 Å². The van der Waals surface area contributed by atoms with E-state index >= 15 is 0 Å². The van der Waals surface area contributed by atoms with Gasteiger partial charge in [-0.25, -0.2) is 0 Å². The monoisotopic (exact) mass is 306 g/mol. The van der Waals surface area contributed by atoms with E-state index in [9.17, 15) is 9.59 Å². The van der Waals surface area contributed by atoms with E-state index in [-0.39, 0.29) is 17.7 Å². The van der Waals surface area contributed by atoms with Gasteiger partial charge in [-0.05, 0) is 32.1 Å². The molecule has 2 amide bonds. The fourth-order valence-electron chi connectivity index (χ4n) is 2.84. The van der Waals surface area contributed by atoms with Crippen molar-refractivity contribution in [1.29, 1.82) is 0 Å². The van der Waals surface area contributed by atoms with Gasteiger partial charge >= 0.3 is 0 Å². The molecular weight excluding hydrogens is 284 g/mol. The molecule has 22 heavy (non-hydrogen) atoms. The molecule has 2 fully saturated rings. The molecule has 1 aromatic rings. The van der Waals surface area contributed by atoms with Crippen LogP contribution in [-0.4, -0.2) is 39.9 Å². The Bertz CT molecular complexity index is 545. The summed E-state index contributed by atoms with van der Waals surface area (Å²) in [6.07, 6.45) is 5.48. The van der Waals surface area contributed by atoms with Crippen LogP contribution in [0.5, 0.6) is 0 Å². The Balaban J connectivity index is 1.38. The highest BCUT2D eigenvalue weighted by Crippen LogP contribution is 2.38. The number of primary amides is 1. The first-order chi connectivity index (χ1) is 10.6. The number of rotatable bonds is 6. The van der Waals surface area contributed by atoms with E-state index in [4.69, 9.17) is 10.3 Å². The minimum atomic E-state index is -0.255. The lowest BCUT2D eigenvalue weighted by atomic mass is 9.96. The molecule has 0 radical (unpaired) electrons. The van der Waals surface area contributed by atoms with E-state index in [1.807, 2.05) is 4.90 Å². The predicted octanol–water partition coefficient (Wildman–Crippen LogP) is 0.994. The third-order valence-electron chi connectivity index (χ3n) is 4.46. The van der Waals surface area contributed by atoms with Gasteiger partial charge in [0.2, 0.25) is 17.7 Å². The van der Waals surface area contributed by atoms with Crippen LogP contribution in [0.3, 0.4) is 0 Å². The van der Waals surface area contributed by atoms with E-state index in [1.54, 1.807) is 0 Å². The van der Waals surface area contributed by atoms with Crippen molar-refractivity contribution in [3.63, 3.8) is 0 Å². The number of aromatic nitrogens is 2. The second-order valence-electron chi connectivity index (χ2n) is 6.23. The lowest BCUT2D eigenvalue weighted by Gasteiger charge is -2.30. The first kappa shape index (κ1) is 15.0. The van der Waals surface area contributed by atoms with Crippen LogP contribution in [0.25, 0.3) is 0 Å². The third-order valence-corrected chi connectivity index (χ3v) is 4.46. The molecule has 0 unspecified atom stereocenters. The Kier molecular flexibility index (Phi) is 4.40.